The molecule has 0 bridgehead atoms. The van der Waals surface area contributed by atoms with Gasteiger partial charge >= 0.3 is 0 Å². The molecule has 16 heavy (non-hydrogen) atoms. The smallest absolute Gasteiger partial charge is 0.224 e. The molecule has 1 aliphatic heterocycles. The average Bonchev–Trinajstić information content (AvgIpc) is 2.60. The van der Waals surface area contributed by atoms with Crippen LogP contribution in [0.4, 0.5) is 5.82 Å². The van der Waals surface area contributed by atoms with Gasteiger partial charge in [-0.1, -0.05) is 13.3 Å². The van der Waals surface area contributed by atoms with Gasteiger partial charge in [-0.25, -0.2) is 4.98 Å². The molecule has 1 aromatic heterocycles. The van der Waals surface area contributed by atoms with Crippen molar-refractivity contribution in [1.29, 1.82) is 0 Å². The number of halogens is 1. The van der Waals surface area contributed by atoms with Crippen LogP contribution in [-0.4, -0.2) is 26.8 Å². The highest BCUT2D eigenvalue weighted by Crippen LogP contribution is 2.31. The van der Waals surface area contributed by atoms with Crippen molar-refractivity contribution >= 4 is 28.6 Å². The third kappa shape index (κ3) is 2.42. The monoisotopic (exact) mass is 259 g/mol. The first kappa shape index (κ1) is 12.0. The van der Waals surface area contributed by atoms with Crippen LogP contribution >= 0.6 is 11.6 Å². The van der Waals surface area contributed by atoms with Gasteiger partial charge in [0.25, 0.3) is 0 Å². The van der Waals surface area contributed by atoms with Gasteiger partial charge in [0.2, 0.25) is 10.2 Å². The third-order valence-electron chi connectivity index (χ3n) is 2.48. The Bertz CT molecular complexity index is 389. The maximum absolute atomic E-state index is 11.8. The van der Waals surface area contributed by atoms with E-state index in [9.17, 15) is 4.55 Å². The highest BCUT2D eigenvalue weighted by molar-refractivity contribution is 7.91. The molecule has 1 aromatic rings. The maximum atomic E-state index is 11.8. The van der Waals surface area contributed by atoms with Crippen LogP contribution in [-0.2, 0) is 17.6 Å². The Kier molecular flexibility index (Phi) is 3.89. The predicted molar refractivity (Wildman–Crippen MR) is 65.4 cm³/mol. The zero-order valence-corrected chi connectivity index (χ0v) is 10.7. The first-order chi connectivity index (χ1) is 7.72. The van der Waals surface area contributed by atoms with Crippen molar-refractivity contribution in [3.8, 4) is 0 Å². The minimum atomic E-state index is -0.969. The number of fused-ring (bicyclic) bond motifs is 1. The molecule has 0 aliphatic carbocycles. The fourth-order valence-electron chi connectivity index (χ4n) is 1.67. The lowest BCUT2D eigenvalue weighted by Gasteiger charge is -2.10. The first-order valence-corrected chi connectivity index (χ1v) is 7.10. The van der Waals surface area contributed by atoms with Gasteiger partial charge in [-0.15, -0.1) is 0 Å². The van der Waals surface area contributed by atoms with Crippen molar-refractivity contribution in [2.45, 2.75) is 31.1 Å². The van der Waals surface area contributed by atoms with Crippen LogP contribution in [0.3, 0.4) is 0 Å². The zero-order chi connectivity index (χ0) is 11.5. The number of nitrogens with one attached hydrogen (secondary N) is 1. The molecule has 6 heteroatoms. The Labute approximate surface area is 103 Å². The highest BCUT2D eigenvalue weighted by Gasteiger charge is 2.31. The average molecular weight is 260 g/mol. The Morgan fingerprint density at radius 2 is 2.31 bits per heavy atom. The number of aryl methyl sites for hydroxylation is 1. The van der Waals surface area contributed by atoms with Crippen LogP contribution in [0.5, 0.6) is 0 Å². The Morgan fingerprint density at radius 3 is 3.06 bits per heavy atom. The quantitative estimate of drug-likeness (QED) is 0.510. The van der Waals surface area contributed by atoms with Gasteiger partial charge in [0, 0.05) is 13.0 Å². The van der Waals surface area contributed by atoms with Gasteiger partial charge in [0.05, 0.1) is 0 Å². The number of unbranched alkanes of at least 4 members (excludes halogenated alkanes) is 1. The highest BCUT2D eigenvalue weighted by atomic mass is 35.5. The van der Waals surface area contributed by atoms with Crippen molar-refractivity contribution in [1.82, 2.24) is 9.97 Å². The Balaban J connectivity index is 2.22. The number of rotatable bonds is 4. The fraction of sp³-hybridized carbons (Fsp3) is 0.600. The lowest BCUT2D eigenvalue weighted by atomic mass is 10.3. The number of hydrogen-bond donors (Lipinski definition) is 1. The van der Waals surface area contributed by atoms with Crippen molar-refractivity contribution in [3.05, 3.63) is 11.0 Å². The van der Waals surface area contributed by atoms with Crippen LogP contribution < -0.4 is 5.32 Å². The van der Waals surface area contributed by atoms with Crippen molar-refractivity contribution in [3.63, 3.8) is 0 Å². The van der Waals surface area contributed by atoms with Gasteiger partial charge in [-0.2, -0.15) is 4.98 Å². The summed E-state index contributed by atoms with van der Waals surface area (Å²) >= 11 is 4.86. The van der Waals surface area contributed by atoms with Crippen molar-refractivity contribution in [2.24, 2.45) is 0 Å². The Hall–Kier alpha value is -0.520. The summed E-state index contributed by atoms with van der Waals surface area (Å²) in [6.45, 7) is 2.95. The van der Waals surface area contributed by atoms with Gasteiger partial charge in [0.15, 0.2) is 5.82 Å². The molecule has 4 nitrogen and oxygen atoms in total. The summed E-state index contributed by atoms with van der Waals surface area (Å²) in [7, 11) is 0. The summed E-state index contributed by atoms with van der Waals surface area (Å²) < 4.78 is 11.8. The summed E-state index contributed by atoms with van der Waals surface area (Å²) in [6.07, 6.45) is 2.90. The summed E-state index contributed by atoms with van der Waals surface area (Å²) in [5.41, 5.74) is 0.831. The van der Waals surface area contributed by atoms with Crippen molar-refractivity contribution in [2.75, 3.05) is 17.6 Å². The normalized spacial score (nSPS) is 18.6. The van der Waals surface area contributed by atoms with Gasteiger partial charge in [-0.3, -0.25) is 0 Å². The molecule has 0 amide bonds. The number of hydrogen-bond acceptors (Lipinski definition) is 4. The lowest BCUT2D eigenvalue weighted by Crippen LogP contribution is -2.10. The molecule has 0 radical (unpaired) electrons. The molecule has 0 spiro atoms. The van der Waals surface area contributed by atoms with E-state index in [1.54, 1.807) is 0 Å². The molecule has 0 saturated heterocycles. The summed E-state index contributed by atoms with van der Waals surface area (Å²) in [4.78, 5) is 8.98. The molecule has 1 N–H and O–H groups in total. The van der Waals surface area contributed by atoms with Crippen LogP contribution in [0.1, 0.15) is 25.5 Å². The fourth-order valence-corrected chi connectivity index (χ4v) is 3.18. The van der Waals surface area contributed by atoms with E-state index in [0.29, 0.717) is 11.6 Å². The minimum absolute atomic E-state index is 0.233. The first-order valence-electron chi connectivity index (χ1n) is 5.41. The second-order valence-electron chi connectivity index (χ2n) is 3.70. The van der Waals surface area contributed by atoms with E-state index < -0.39 is 11.2 Å². The zero-order valence-electron chi connectivity index (χ0n) is 9.12. The van der Waals surface area contributed by atoms with E-state index in [2.05, 4.69) is 22.2 Å². The summed E-state index contributed by atoms with van der Waals surface area (Å²) in [5, 5.41) is 3.42. The van der Waals surface area contributed by atoms with Gasteiger partial charge in [0.1, 0.15) is 11.4 Å². The molecule has 2 heterocycles. The van der Waals surface area contributed by atoms with Gasteiger partial charge < -0.3 is 9.87 Å². The van der Waals surface area contributed by atoms with E-state index in [0.717, 1.165) is 36.4 Å². The van der Waals surface area contributed by atoms with E-state index in [4.69, 9.17) is 11.6 Å². The number of nitrogens with zero attached hydrogens (tertiary/aromatic N) is 2. The third-order valence-corrected chi connectivity index (χ3v) is 4.11. The summed E-state index contributed by atoms with van der Waals surface area (Å²) in [6, 6.07) is 0. The van der Waals surface area contributed by atoms with E-state index >= 15 is 0 Å². The van der Waals surface area contributed by atoms with E-state index in [1.807, 2.05) is 0 Å². The largest absolute Gasteiger partial charge is 0.611 e. The molecule has 88 valence electrons. The topological polar surface area (TPSA) is 60.9 Å². The molecule has 2 rings (SSSR count). The van der Waals surface area contributed by atoms with Crippen LogP contribution in [0.25, 0.3) is 0 Å². The second kappa shape index (κ2) is 5.21. The second-order valence-corrected chi connectivity index (χ2v) is 5.54. The molecule has 0 fully saturated rings. The standard InChI is InChI=1S/C10H14ClN3OS/c1-2-3-5-12-9-8-7(4-6-16(8)15)13-10(11)14-9/h2-6H2,1H3,(H,12,13,14). The molecule has 0 saturated carbocycles. The van der Waals surface area contributed by atoms with Crippen molar-refractivity contribution < 1.29 is 4.55 Å². The van der Waals surface area contributed by atoms with Gasteiger partial charge in [-0.05, 0) is 29.2 Å². The van der Waals surface area contributed by atoms with Crippen LogP contribution in [0, 0.1) is 0 Å². The number of anilines is 1. The molecular formula is C10H14ClN3OS. The molecule has 1 atom stereocenters. The van der Waals surface area contributed by atoms with E-state index in [1.165, 1.54) is 0 Å². The van der Waals surface area contributed by atoms with Crippen LogP contribution in [0.2, 0.25) is 5.28 Å². The van der Waals surface area contributed by atoms with Crippen LogP contribution in [0.15, 0.2) is 4.90 Å². The Morgan fingerprint density at radius 1 is 1.50 bits per heavy atom. The number of aromatic nitrogens is 2. The minimum Gasteiger partial charge on any atom is -0.611 e. The molecule has 1 aliphatic rings. The maximum Gasteiger partial charge on any atom is 0.224 e. The molecule has 0 aromatic carbocycles. The molecular weight excluding hydrogens is 246 g/mol. The predicted octanol–water partition coefficient (Wildman–Crippen LogP) is 2.01. The SMILES string of the molecule is CCCCNc1nc(Cl)nc2c1[S+]([O-])CC2. The molecule has 1 unspecified atom stereocenters. The lowest BCUT2D eigenvalue weighted by molar-refractivity contribution is 0.598. The van der Waals surface area contributed by atoms with E-state index in [-0.39, 0.29) is 5.28 Å². The summed E-state index contributed by atoms with van der Waals surface area (Å²) in [5.74, 6) is 1.28.